The number of benzene rings is 1. The molecule has 0 aliphatic rings. The van der Waals surface area contributed by atoms with Crippen LogP contribution in [0.25, 0.3) is 11.0 Å². The van der Waals surface area contributed by atoms with Crippen molar-refractivity contribution in [2.75, 3.05) is 5.88 Å². The lowest BCUT2D eigenvalue weighted by atomic mass is 10.2. The van der Waals surface area contributed by atoms with Gasteiger partial charge in [0.25, 0.3) is 0 Å². The van der Waals surface area contributed by atoms with E-state index in [1.165, 1.54) is 0 Å². The highest BCUT2D eigenvalue weighted by molar-refractivity contribution is 6.17. The number of hydrogen-bond acceptors (Lipinski definition) is 2. The van der Waals surface area contributed by atoms with Gasteiger partial charge >= 0.3 is 0 Å². The maximum absolute atomic E-state index is 12.0. The molecule has 1 heterocycles. The highest BCUT2D eigenvalue weighted by Gasteiger charge is 2.14. The third kappa shape index (κ3) is 3.31. The summed E-state index contributed by atoms with van der Waals surface area (Å²) in [4.78, 5) is 16.6. The molecule has 1 N–H and O–H groups in total. The molecule has 2 rings (SSSR count). The molecular formula is C15H20ClN3O. The van der Waals surface area contributed by atoms with E-state index in [9.17, 15) is 4.79 Å². The first-order chi connectivity index (χ1) is 9.51. The molecule has 0 radical (unpaired) electrons. The van der Waals surface area contributed by atoms with Gasteiger partial charge in [0.2, 0.25) is 5.91 Å². The summed E-state index contributed by atoms with van der Waals surface area (Å²) in [6, 6.07) is 6.20. The van der Waals surface area contributed by atoms with Crippen molar-refractivity contribution in [2.24, 2.45) is 0 Å². The van der Waals surface area contributed by atoms with Crippen LogP contribution in [0, 0.1) is 6.92 Å². The van der Waals surface area contributed by atoms with E-state index in [1.807, 2.05) is 37.5 Å². The van der Waals surface area contributed by atoms with Gasteiger partial charge in [-0.05, 0) is 38.5 Å². The molecule has 0 unspecified atom stereocenters. The van der Waals surface area contributed by atoms with Crippen molar-refractivity contribution in [1.29, 1.82) is 0 Å². The summed E-state index contributed by atoms with van der Waals surface area (Å²) in [6.45, 7) is 6.22. The number of carbonyl (C=O) groups is 1. The van der Waals surface area contributed by atoms with Gasteiger partial charge < -0.3 is 9.88 Å². The van der Waals surface area contributed by atoms with Crippen LogP contribution in [0.15, 0.2) is 18.2 Å². The fourth-order valence-electron chi connectivity index (χ4n) is 2.25. The Morgan fingerprint density at radius 1 is 1.45 bits per heavy atom. The molecule has 0 saturated carbocycles. The number of fused-ring (bicyclic) bond motifs is 1. The molecule has 0 spiro atoms. The van der Waals surface area contributed by atoms with Gasteiger partial charge in [0.05, 0.1) is 11.0 Å². The number of aromatic nitrogens is 2. The highest BCUT2D eigenvalue weighted by Crippen LogP contribution is 2.18. The molecule has 0 aliphatic carbocycles. The predicted molar refractivity (Wildman–Crippen MR) is 82.2 cm³/mol. The third-order valence-corrected chi connectivity index (χ3v) is 3.24. The molecule has 4 nitrogen and oxygen atoms in total. The Morgan fingerprint density at radius 2 is 2.20 bits per heavy atom. The topological polar surface area (TPSA) is 46.9 Å². The number of rotatable bonds is 5. The minimum atomic E-state index is -0.00312. The van der Waals surface area contributed by atoms with Crippen LogP contribution in [0.4, 0.5) is 0 Å². The number of amides is 1. The van der Waals surface area contributed by atoms with Gasteiger partial charge in [-0.15, -0.1) is 11.6 Å². The summed E-state index contributed by atoms with van der Waals surface area (Å²) in [5.41, 5.74) is 3.05. The van der Waals surface area contributed by atoms with Crippen LogP contribution >= 0.6 is 11.6 Å². The summed E-state index contributed by atoms with van der Waals surface area (Å²) in [6.07, 6.45) is 0.657. The maximum atomic E-state index is 12.0. The number of hydrogen-bond donors (Lipinski definition) is 1. The zero-order valence-corrected chi connectivity index (χ0v) is 12.9. The lowest BCUT2D eigenvalue weighted by Gasteiger charge is -2.11. The Morgan fingerprint density at radius 3 is 2.85 bits per heavy atom. The lowest BCUT2D eigenvalue weighted by Crippen LogP contribution is -2.33. The van der Waals surface area contributed by atoms with Gasteiger partial charge in [-0.2, -0.15) is 0 Å². The van der Waals surface area contributed by atoms with Crippen molar-refractivity contribution in [3.63, 3.8) is 0 Å². The number of aryl methyl sites for hydroxylation is 2. The second kappa shape index (κ2) is 6.27. The molecule has 0 aliphatic heterocycles. The quantitative estimate of drug-likeness (QED) is 0.862. The number of carbonyl (C=O) groups excluding carboxylic acids is 1. The fourth-order valence-corrected chi connectivity index (χ4v) is 2.41. The minimum Gasteiger partial charge on any atom is -0.352 e. The van der Waals surface area contributed by atoms with Gasteiger partial charge in [0.15, 0.2) is 0 Å². The predicted octanol–water partition coefficient (Wildman–Crippen LogP) is 2.65. The molecule has 1 aromatic carbocycles. The Bertz CT molecular complexity index is 619. The van der Waals surface area contributed by atoms with Crippen molar-refractivity contribution in [3.05, 3.63) is 29.6 Å². The van der Waals surface area contributed by atoms with Gasteiger partial charge in [0, 0.05) is 18.3 Å². The molecule has 2 aromatic rings. The smallest absolute Gasteiger partial charge is 0.240 e. The fraction of sp³-hybridized carbons (Fsp3) is 0.467. The summed E-state index contributed by atoms with van der Waals surface area (Å²) >= 11 is 5.83. The molecule has 0 atom stereocenters. The monoisotopic (exact) mass is 293 g/mol. The van der Waals surface area contributed by atoms with Crippen LogP contribution in [0.3, 0.4) is 0 Å². The van der Waals surface area contributed by atoms with Crippen molar-refractivity contribution in [2.45, 2.75) is 39.8 Å². The van der Waals surface area contributed by atoms with Crippen molar-refractivity contribution >= 4 is 28.5 Å². The lowest BCUT2D eigenvalue weighted by molar-refractivity contribution is -0.122. The number of imidazole rings is 1. The first-order valence-corrected chi connectivity index (χ1v) is 7.36. The van der Waals surface area contributed by atoms with Crippen LogP contribution in [-0.4, -0.2) is 27.4 Å². The zero-order chi connectivity index (χ0) is 14.7. The average molecular weight is 294 g/mol. The van der Waals surface area contributed by atoms with E-state index in [4.69, 9.17) is 11.6 Å². The van der Waals surface area contributed by atoms with Crippen molar-refractivity contribution in [1.82, 2.24) is 14.9 Å². The van der Waals surface area contributed by atoms with Crippen molar-refractivity contribution < 1.29 is 4.79 Å². The zero-order valence-electron chi connectivity index (χ0n) is 12.1. The summed E-state index contributed by atoms with van der Waals surface area (Å²) in [5.74, 6) is 1.35. The third-order valence-electron chi connectivity index (χ3n) is 3.05. The standard InChI is InChI=1S/C15H20ClN3O/c1-10(2)17-15(20)9-19-13-8-11(3)4-5-12(13)18-14(19)6-7-16/h4-5,8,10H,6-7,9H2,1-3H3,(H,17,20). The van der Waals surface area contributed by atoms with Crippen LogP contribution < -0.4 is 5.32 Å². The van der Waals surface area contributed by atoms with Crippen LogP contribution in [0.2, 0.25) is 0 Å². The SMILES string of the molecule is Cc1ccc2nc(CCCl)n(CC(=O)NC(C)C)c2c1. The Balaban J connectivity index is 2.39. The average Bonchev–Trinajstić information content (AvgIpc) is 2.67. The second-order valence-electron chi connectivity index (χ2n) is 5.27. The Labute approximate surface area is 124 Å². The van der Waals surface area contributed by atoms with Gasteiger partial charge in [-0.25, -0.2) is 4.98 Å². The molecular weight excluding hydrogens is 274 g/mol. The molecule has 20 heavy (non-hydrogen) atoms. The number of halogens is 1. The Hall–Kier alpha value is -1.55. The maximum Gasteiger partial charge on any atom is 0.240 e. The van der Waals surface area contributed by atoms with Gasteiger partial charge in [-0.1, -0.05) is 6.07 Å². The second-order valence-corrected chi connectivity index (χ2v) is 5.65. The molecule has 1 amide bonds. The van der Waals surface area contributed by atoms with E-state index < -0.39 is 0 Å². The minimum absolute atomic E-state index is 0.00312. The molecule has 5 heteroatoms. The van der Waals surface area contributed by atoms with E-state index >= 15 is 0 Å². The molecule has 1 aromatic heterocycles. The van der Waals surface area contributed by atoms with E-state index in [0.29, 0.717) is 12.3 Å². The molecule has 0 fully saturated rings. The summed E-state index contributed by atoms with van der Waals surface area (Å²) < 4.78 is 1.96. The normalized spacial score (nSPS) is 11.2. The van der Waals surface area contributed by atoms with Crippen molar-refractivity contribution in [3.8, 4) is 0 Å². The highest BCUT2D eigenvalue weighted by atomic mass is 35.5. The van der Waals surface area contributed by atoms with Gasteiger partial charge in [-0.3, -0.25) is 4.79 Å². The number of nitrogens with one attached hydrogen (secondary N) is 1. The Kier molecular flexibility index (Phi) is 4.65. The van der Waals surface area contributed by atoms with Crippen LogP contribution in [0.5, 0.6) is 0 Å². The summed E-state index contributed by atoms with van der Waals surface area (Å²) in [7, 11) is 0. The van der Waals surface area contributed by atoms with Gasteiger partial charge in [0.1, 0.15) is 12.4 Å². The number of alkyl halides is 1. The molecule has 0 saturated heterocycles. The first kappa shape index (κ1) is 14.9. The van der Waals surface area contributed by atoms with Crippen LogP contribution in [0.1, 0.15) is 25.2 Å². The van der Waals surface area contributed by atoms with Crippen LogP contribution in [-0.2, 0) is 17.8 Å². The molecule has 0 bridgehead atoms. The van der Waals surface area contributed by atoms with E-state index in [0.717, 1.165) is 22.4 Å². The van der Waals surface area contributed by atoms with E-state index in [1.54, 1.807) is 0 Å². The van der Waals surface area contributed by atoms with E-state index in [2.05, 4.69) is 16.4 Å². The summed E-state index contributed by atoms with van der Waals surface area (Å²) in [5, 5.41) is 2.91. The molecule has 108 valence electrons. The largest absolute Gasteiger partial charge is 0.352 e. The first-order valence-electron chi connectivity index (χ1n) is 6.82. The van der Waals surface area contributed by atoms with E-state index in [-0.39, 0.29) is 18.5 Å². The number of nitrogens with zero attached hydrogens (tertiary/aromatic N) is 2.